The Labute approximate surface area is 126 Å². The van der Waals surface area contributed by atoms with E-state index in [1.54, 1.807) is 0 Å². The molecule has 1 fully saturated rings. The van der Waals surface area contributed by atoms with E-state index in [0.29, 0.717) is 39.5 Å². The van der Waals surface area contributed by atoms with Gasteiger partial charge in [0.05, 0.1) is 19.8 Å². The van der Waals surface area contributed by atoms with Gasteiger partial charge in [0.15, 0.2) is 0 Å². The van der Waals surface area contributed by atoms with Gasteiger partial charge in [0.1, 0.15) is 12.4 Å². The van der Waals surface area contributed by atoms with Gasteiger partial charge in [-0.25, -0.2) is 0 Å². The van der Waals surface area contributed by atoms with Crippen molar-refractivity contribution in [1.82, 2.24) is 10.2 Å². The zero-order valence-corrected chi connectivity index (χ0v) is 12.8. The van der Waals surface area contributed by atoms with E-state index >= 15 is 0 Å². The molecule has 21 heavy (non-hydrogen) atoms. The summed E-state index contributed by atoms with van der Waals surface area (Å²) in [5.74, 6) is 0.981. The van der Waals surface area contributed by atoms with Gasteiger partial charge in [-0.15, -0.1) is 0 Å². The summed E-state index contributed by atoms with van der Waals surface area (Å²) in [7, 11) is 0. The lowest BCUT2D eigenvalue weighted by Gasteiger charge is -2.27. The summed E-state index contributed by atoms with van der Waals surface area (Å²) in [4.78, 5) is 13.8. The van der Waals surface area contributed by atoms with Crippen LogP contribution in [0.25, 0.3) is 0 Å². The maximum Gasteiger partial charge on any atom is 0.236 e. The summed E-state index contributed by atoms with van der Waals surface area (Å²) in [6.45, 7) is 7.60. The van der Waals surface area contributed by atoms with Crippen LogP contribution in [-0.2, 0) is 9.53 Å². The van der Waals surface area contributed by atoms with E-state index in [0.717, 1.165) is 5.75 Å². The average Bonchev–Trinajstić information content (AvgIpc) is 2.53. The van der Waals surface area contributed by atoms with Crippen LogP contribution in [0, 0.1) is 6.92 Å². The van der Waals surface area contributed by atoms with Crippen LogP contribution in [0.1, 0.15) is 12.5 Å². The van der Waals surface area contributed by atoms with Gasteiger partial charge >= 0.3 is 0 Å². The molecule has 1 aromatic rings. The van der Waals surface area contributed by atoms with Crippen molar-refractivity contribution in [3.8, 4) is 5.75 Å². The minimum Gasteiger partial charge on any atom is -0.492 e. The maximum absolute atomic E-state index is 12.0. The Kier molecular flexibility index (Phi) is 6.02. The largest absolute Gasteiger partial charge is 0.492 e. The van der Waals surface area contributed by atoms with Crippen molar-refractivity contribution in [1.29, 1.82) is 0 Å². The fourth-order valence-electron chi connectivity index (χ4n) is 2.10. The summed E-state index contributed by atoms with van der Waals surface area (Å²) >= 11 is 0. The fourth-order valence-corrected chi connectivity index (χ4v) is 2.10. The molecule has 1 saturated heterocycles. The number of rotatable bonds is 6. The first-order chi connectivity index (χ1) is 10.1. The predicted molar refractivity (Wildman–Crippen MR) is 81.5 cm³/mol. The Balaban J connectivity index is 1.65. The molecule has 0 aromatic heterocycles. The molecule has 0 aliphatic carbocycles. The van der Waals surface area contributed by atoms with Crippen LogP contribution in [0.4, 0.5) is 0 Å². The van der Waals surface area contributed by atoms with Gasteiger partial charge in [-0.05, 0) is 26.0 Å². The maximum atomic E-state index is 12.0. The van der Waals surface area contributed by atoms with Gasteiger partial charge in [0, 0.05) is 19.1 Å². The first-order valence-electron chi connectivity index (χ1n) is 7.43. The molecule has 1 aliphatic rings. The lowest BCUT2D eigenvalue weighted by molar-refractivity contribution is -0.134. The summed E-state index contributed by atoms with van der Waals surface area (Å²) < 4.78 is 10.9. The van der Waals surface area contributed by atoms with Gasteiger partial charge in [0.2, 0.25) is 5.91 Å². The Bertz CT molecular complexity index is 441. The molecular weight excluding hydrogens is 268 g/mol. The Hall–Kier alpha value is -1.59. The number of nitrogens with zero attached hydrogens (tertiary/aromatic N) is 1. The highest BCUT2D eigenvalue weighted by Gasteiger charge is 2.17. The lowest BCUT2D eigenvalue weighted by Crippen LogP contribution is -2.46. The molecule has 1 unspecified atom stereocenters. The molecule has 116 valence electrons. The van der Waals surface area contributed by atoms with Crippen LogP contribution in [0.2, 0.25) is 0 Å². The minimum atomic E-state index is 0.122. The highest BCUT2D eigenvalue weighted by molar-refractivity contribution is 5.78. The predicted octanol–water partition coefficient (Wildman–Crippen LogP) is 1.21. The van der Waals surface area contributed by atoms with Crippen LogP contribution >= 0.6 is 0 Å². The third-order valence-electron chi connectivity index (χ3n) is 3.49. The van der Waals surface area contributed by atoms with Crippen molar-refractivity contribution in [2.75, 3.05) is 39.5 Å². The number of nitrogens with one attached hydrogen (secondary N) is 1. The van der Waals surface area contributed by atoms with E-state index in [4.69, 9.17) is 9.47 Å². The summed E-state index contributed by atoms with van der Waals surface area (Å²) in [6.07, 6.45) is 0. The Morgan fingerprint density at radius 2 is 2.00 bits per heavy atom. The number of morpholine rings is 1. The van der Waals surface area contributed by atoms with E-state index in [-0.39, 0.29) is 11.9 Å². The van der Waals surface area contributed by atoms with Crippen LogP contribution < -0.4 is 10.1 Å². The van der Waals surface area contributed by atoms with Crippen LogP contribution in [-0.4, -0.2) is 56.3 Å². The van der Waals surface area contributed by atoms with Crippen molar-refractivity contribution in [2.24, 2.45) is 0 Å². The number of carbonyl (C=O) groups excluding carboxylic acids is 1. The quantitative estimate of drug-likeness (QED) is 0.856. The SMILES string of the molecule is Cc1ccc(OCC(C)NCC(=O)N2CCOCC2)cc1. The standard InChI is InChI=1S/C16H24N2O3/c1-13-3-5-15(6-4-13)21-12-14(2)17-11-16(19)18-7-9-20-10-8-18/h3-6,14,17H,7-12H2,1-2H3. The second kappa shape index (κ2) is 8.00. The van der Waals surface area contributed by atoms with Gasteiger partial charge in [-0.2, -0.15) is 0 Å². The molecule has 0 radical (unpaired) electrons. The topological polar surface area (TPSA) is 50.8 Å². The van der Waals surface area contributed by atoms with Crippen molar-refractivity contribution < 1.29 is 14.3 Å². The number of hydrogen-bond donors (Lipinski definition) is 1. The number of benzene rings is 1. The van der Waals surface area contributed by atoms with Gasteiger partial charge in [-0.3, -0.25) is 4.79 Å². The van der Waals surface area contributed by atoms with E-state index in [1.807, 2.05) is 43.0 Å². The zero-order chi connectivity index (χ0) is 15.1. The third kappa shape index (κ3) is 5.36. The van der Waals surface area contributed by atoms with Crippen molar-refractivity contribution in [3.05, 3.63) is 29.8 Å². The molecule has 5 nitrogen and oxygen atoms in total. The van der Waals surface area contributed by atoms with Crippen molar-refractivity contribution in [2.45, 2.75) is 19.9 Å². The summed E-state index contributed by atoms with van der Waals surface area (Å²) in [5.41, 5.74) is 1.21. The smallest absolute Gasteiger partial charge is 0.236 e. The lowest BCUT2D eigenvalue weighted by atomic mass is 10.2. The first-order valence-corrected chi connectivity index (χ1v) is 7.43. The highest BCUT2D eigenvalue weighted by atomic mass is 16.5. The van der Waals surface area contributed by atoms with Crippen LogP contribution in [0.15, 0.2) is 24.3 Å². The molecular formula is C16H24N2O3. The third-order valence-corrected chi connectivity index (χ3v) is 3.49. The van der Waals surface area contributed by atoms with E-state index < -0.39 is 0 Å². The van der Waals surface area contributed by atoms with Gasteiger partial charge < -0.3 is 19.7 Å². The number of carbonyl (C=O) groups is 1. The van der Waals surface area contributed by atoms with Gasteiger partial charge in [-0.1, -0.05) is 17.7 Å². The van der Waals surface area contributed by atoms with Crippen molar-refractivity contribution in [3.63, 3.8) is 0 Å². The molecule has 0 saturated carbocycles. The number of ether oxygens (including phenoxy) is 2. The first kappa shape index (κ1) is 15.8. The van der Waals surface area contributed by atoms with Crippen molar-refractivity contribution >= 4 is 5.91 Å². The molecule has 1 amide bonds. The second-order valence-electron chi connectivity index (χ2n) is 5.40. The molecule has 1 aliphatic heterocycles. The van der Waals surface area contributed by atoms with E-state index in [1.165, 1.54) is 5.56 Å². The average molecular weight is 292 g/mol. The minimum absolute atomic E-state index is 0.122. The molecule has 1 N–H and O–H groups in total. The van der Waals surface area contributed by atoms with E-state index in [9.17, 15) is 4.79 Å². The molecule has 2 rings (SSSR count). The molecule has 1 heterocycles. The summed E-state index contributed by atoms with van der Waals surface area (Å²) in [6, 6.07) is 8.09. The molecule has 0 spiro atoms. The normalized spacial score (nSPS) is 16.6. The monoisotopic (exact) mass is 292 g/mol. The molecule has 5 heteroatoms. The Morgan fingerprint density at radius 1 is 1.33 bits per heavy atom. The molecule has 1 atom stereocenters. The zero-order valence-electron chi connectivity index (χ0n) is 12.8. The van der Waals surface area contributed by atoms with Crippen LogP contribution in [0.5, 0.6) is 5.75 Å². The number of aryl methyl sites for hydroxylation is 1. The van der Waals surface area contributed by atoms with E-state index in [2.05, 4.69) is 5.32 Å². The molecule has 1 aromatic carbocycles. The number of hydrogen-bond acceptors (Lipinski definition) is 4. The number of amides is 1. The summed E-state index contributed by atoms with van der Waals surface area (Å²) in [5, 5.41) is 3.20. The van der Waals surface area contributed by atoms with Crippen LogP contribution in [0.3, 0.4) is 0 Å². The highest BCUT2D eigenvalue weighted by Crippen LogP contribution is 2.11. The Morgan fingerprint density at radius 3 is 2.67 bits per heavy atom. The fraction of sp³-hybridized carbons (Fsp3) is 0.562. The van der Waals surface area contributed by atoms with Gasteiger partial charge in [0.25, 0.3) is 0 Å². The second-order valence-corrected chi connectivity index (χ2v) is 5.40. The molecule has 0 bridgehead atoms.